The molecule has 3 aromatic carbocycles. The summed E-state index contributed by atoms with van der Waals surface area (Å²) in [4.78, 5) is 15.7. The van der Waals surface area contributed by atoms with Gasteiger partial charge in [-0.25, -0.2) is 4.79 Å². The smallest absolute Gasteiger partial charge is 0.321 e. The normalized spacial score (nSPS) is 11.6. The lowest BCUT2D eigenvalue weighted by Crippen LogP contribution is -2.27. The van der Waals surface area contributed by atoms with Crippen LogP contribution in [0.5, 0.6) is 0 Å². The van der Waals surface area contributed by atoms with Gasteiger partial charge in [0.05, 0.1) is 11.4 Å². The summed E-state index contributed by atoms with van der Waals surface area (Å²) in [5, 5.41) is 6.36. The van der Waals surface area contributed by atoms with Crippen LogP contribution in [-0.2, 0) is 0 Å². The van der Waals surface area contributed by atoms with E-state index in [1.165, 1.54) is 14.7 Å². The minimum Gasteiger partial charge on any atom is -0.354 e. The second-order valence-corrected chi connectivity index (χ2v) is 7.90. The first-order valence-electron chi connectivity index (χ1n) is 8.97. The van der Waals surface area contributed by atoms with Gasteiger partial charge in [0, 0.05) is 29.6 Å². The van der Waals surface area contributed by atoms with Crippen molar-refractivity contribution in [2.75, 3.05) is 24.7 Å². The van der Waals surface area contributed by atoms with E-state index in [4.69, 9.17) is 0 Å². The fourth-order valence-corrected chi connectivity index (χ4v) is 3.95. The van der Waals surface area contributed by atoms with Crippen molar-refractivity contribution in [2.45, 2.75) is 9.79 Å². The maximum absolute atomic E-state index is 11.8. The van der Waals surface area contributed by atoms with E-state index in [1.54, 1.807) is 25.9 Å². The van der Waals surface area contributed by atoms with E-state index in [0.717, 1.165) is 33.8 Å². The Morgan fingerprint density at radius 3 is 2.36 bits per heavy atom. The molecule has 0 radical (unpaired) electrons. The third-order valence-corrected chi connectivity index (χ3v) is 5.75. The van der Waals surface area contributed by atoms with Crippen LogP contribution in [0.15, 0.2) is 83.1 Å². The molecule has 1 heterocycles. The molecular formula is C23H21N3OS. The summed E-state index contributed by atoms with van der Waals surface area (Å²) in [6, 6.07) is 22.3. The van der Waals surface area contributed by atoms with Gasteiger partial charge in [0.25, 0.3) is 0 Å². The van der Waals surface area contributed by atoms with Gasteiger partial charge in [-0.05, 0) is 53.1 Å². The number of amides is 2. The molecule has 0 saturated heterocycles. The maximum Gasteiger partial charge on any atom is 0.321 e. The number of anilines is 3. The molecule has 0 aromatic heterocycles. The van der Waals surface area contributed by atoms with E-state index in [-0.39, 0.29) is 6.03 Å². The number of rotatable bonds is 3. The highest BCUT2D eigenvalue weighted by atomic mass is 32.2. The third kappa shape index (κ3) is 3.62. The summed E-state index contributed by atoms with van der Waals surface area (Å²) < 4.78 is 0. The van der Waals surface area contributed by atoms with Crippen molar-refractivity contribution in [2.24, 2.45) is 0 Å². The summed E-state index contributed by atoms with van der Waals surface area (Å²) in [6.07, 6.45) is 0. The molecule has 0 aliphatic carbocycles. The standard InChI is InChI=1S/C23H21N3OS/c1-15(16-8-11-18(12-9-16)24-23(27)26(2)3)17-10-13-22-20(14-17)25-19-6-4-5-7-21(19)28-22/h4-14,25H,1H2,2-3H3,(H,24,27). The quantitative estimate of drug-likeness (QED) is 0.450. The van der Waals surface area contributed by atoms with Crippen molar-refractivity contribution in [3.63, 3.8) is 0 Å². The van der Waals surface area contributed by atoms with Gasteiger partial charge in [-0.3, -0.25) is 0 Å². The van der Waals surface area contributed by atoms with Gasteiger partial charge >= 0.3 is 6.03 Å². The van der Waals surface area contributed by atoms with Crippen LogP contribution >= 0.6 is 11.8 Å². The predicted molar refractivity (Wildman–Crippen MR) is 118 cm³/mol. The Kier molecular flexibility index (Phi) is 4.84. The van der Waals surface area contributed by atoms with Crippen LogP contribution in [0.1, 0.15) is 11.1 Å². The molecule has 0 atom stereocenters. The lowest BCUT2D eigenvalue weighted by molar-refractivity contribution is 0.230. The van der Waals surface area contributed by atoms with E-state index < -0.39 is 0 Å². The van der Waals surface area contributed by atoms with Gasteiger partial charge in [-0.1, -0.05) is 48.7 Å². The molecule has 2 amide bonds. The van der Waals surface area contributed by atoms with Gasteiger partial charge in [0.2, 0.25) is 0 Å². The lowest BCUT2D eigenvalue weighted by atomic mass is 9.99. The first-order valence-corrected chi connectivity index (χ1v) is 9.79. The van der Waals surface area contributed by atoms with E-state index in [1.807, 2.05) is 30.3 Å². The number of hydrogen-bond acceptors (Lipinski definition) is 3. The number of nitrogens with one attached hydrogen (secondary N) is 2. The second kappa shape index (κ2) is 7.44. The minimum atomic E-state index is -0.148. The monoisotopic (exact) mass is 387 g/mol. The van der Waals surface area contributed by atoms with Crippen LogP contribution in [0.4, 0.5) is 21.9 Å². The molecular weight excluding hydrogens is 366 g/mol. The lowest BCUT2D eigenvalue weighted by Gasteiger charge is -2.21. The van der Waals surface area contributed by atoms with Gasteiger partial charge < -0.3 is 15.5 Å². The molecule has 2 N–H and O–H groups in total. The van der Waals surface area contributed by atoms with E-state index in [9.17, 15) is 4.79 Å². The van der Waals surface area contributed by atoms with Crippen molar-refractivity contribution in [3.05, 3.63) is 84.4 Å². The van der Waals surface area contributed by atoms with Gasteiger partial charge in [0.15, 0.2) is 0 Å². The molecule has 1 aliphatic rings. The topological polar surface area (TPSA) is 44.4 Å². The second-order valence-electron chi connectivity index (χ2n) is 6.81. The zero-order valence-electron chi connectivity index (χ0n) is 15.8. The Hall–Kier alpha value is -3.18. The summed E-state index contributed by atoms with van der Waals surface area (Å²) in [5.74, 6) is 0. The number of carbonyl (C=O) groups excluding carboxylic acids is 1. The molecule has 0 bridgehead atoms. The Bertz CT molecular complexity index is 1060. The van der Waals surface area contributed by atoms with E-state index in [2.05, 4.69) is 53.6 Å². The van der Waals surface area contributed by atoms with Crippen LogP contribution in [0.2, 0.25) is 0 Å². The molecule has 0 saturated carbocycles. The van der Waals surface area contributed by atoms with Crippen molar-refractivity contribution in [3.8, 4) is 0 Å². The van der Waals surface area contributed by atoms with E-state index >= 15 is 0 Å². The average Bonchev–Trinajstić information content (AvgIpc) is 2.71. The molecule has 0 fully saturated rings. The maximum atomic E-state index is 11.8. The van der Waals surface area contributed by atoms with Crippen LogP contribution in [0, 0.1) is 0 Å². The Morgan fingerprint density at radius 2 is 1.61 bits per heavy atom. The fraction of sp³-hybridized carbons (Fsp3) is 0.0870. The zero-order chi connectivity index (χ0) is 19.7. The molecule has 1 aliphatic heterocycles. The van der Waals surface area contributed by atoms with Crippen LogP contribution < -0.4 is 10.6 Å². The molecule has 140 valence electrons. The van der Waals surface area contributed by atoms with Gasteiger partial charge in [-0.15, -0.1) is 0 Å². The van der Waals surface area contributed by atoms with Crippen molar-refractivity contribution in [1.29, 1.82) is 0 Å². The number of urea groups is 1. The Labute approximate surface area is 169 Å². The van der Waals surface area contributed by atoms with Gasteiger partial charge in [-0.2, -0.15) is 0 Å². The highest BCUT2D eigenvalue weighted by Gasteiger charge is 2.16. The molecule has 0 unspecified atom stereocenters. The summed E-state index contributed by atoms with van der Waals surface area (Å²) >= 11 is 1.77. The third-order valence-electron chi connectivity index (χ3n) is 4.60. The number of nitrogens with zero attached hydrogens (tertiary/aromatic N) is 1. The molecule has 28 heavy (non-hydrogen) atoms. The number of fused-ring (bicyclic) bond motifs is 2. The van der Waals surface area contributed by atoms with Crippen LogP contribution in [0.25, 0.3) is 5.57 Å². The highest BCUT2D eigenvalue weighted by Crippen LogP contribution is 2.44. The summed E-state index contributed by atoms with van der Waals surface area (Å²) in [7, 11) is 3.43. The number of hydrogen-bond donors (Lipinski definition) is 2. The number of benzene rings is 3. The zero-order valence-corrected chi connectivity index (χ0v) is 16.6. The molecule has 5 heteroatoms. The SMILES string of the molecule is C=C(c1ccc(NC(=O)N(C)C)cc1)c1ccc2c(c1)Nc1ccccc1S2. The molecule has 4 rings (SSSR count). The van der Waals surface area contributed by atoms with E-state index in [0.29, 0.717) is 0 Å². The van der Waals surface area contributed by atoms with Crippen molar-refractivity contribution in [1.82, 2.24) is 4.90 Å². The predicted octanol–water partition coefficient (Wildman–Crippen LogP) is 6.05. The average molecular weight is 388 g/mol. The Morgan fingerprint density at radius 1 is 0.929 bits per heavy atom. The van der Waals surface area contributed by atoms with Crippen molar-refractivity contribution < 1.29 is 4.79 Å². The largest absolute Gasteiger partial charge is 0.354 e. The molecule has 3 aromatic rings. The van der Waals surface area contributed by atoms with Crippen LogP contribution in [-0.4, -0.2) is 25.0 Å². The van der Waals surface area contributed by atoms with Crippen LogP contribution in [0.3, 0.4) is 0 Å². The highest BCUT2D eigenvalue weighted by molar-refractivity contribution is 7.99. The molecule has 4 nitrogen and oxygen atoms in total. The van der Waals surface area contributed by atoms with Crippen molar-refractivity contribution >= 4 is 40.4 Å². The summed E-state index contributed by atoms with van der Waals surface area (Å²) in [6.45, 7) is 4.28. The summed E-state index contributed by atoms with van der Waals surface area (Å²) in [5.41, 5.74) is 6.01. The number of carbonyl (C=O) groups is 1. The first kappa shape index (κ1) is 18.2. The first-order chi connectivity index (χ1) is 13.5. The fourth-order valence-electron chi connectivity index (χ4n) is 2.98. The number of para-hydroxylation sites is 1. The Balaban J connectivity index is 1.54. The molecule has 0 spiro atoms. The van der Waals surface area contributed by atoms with Gasteiger partial charge in [0.1, 0.15) is 0 Å². The minimum absolute atomic E-state index is 0.148.